The molecule has 1 heterocycles. The van der Waals surface area contributed by atoms with Gasteiger partial charge in [0.25, 0.3) is 0 Å². The number of nitrogens with zero attached hydrogens (tertiary/aromatic N) is 2. The molecule has 84 valence electrons. The van der Waals surface area contributed by atoms with Gasteiger partial charge in [-0.25, -0.2) is 0 Å². The van der Waals surface area contributed by atoms with Crippen LogP contribution >= 0.6 is 11.3 Å². The van der Waals surface area contributed by atoms with E-state index in [1.54, 1.807) is 16.8 Å². The summed E-state index contributed by atoms with van der Waals surface area (Å²) in [6.07, 6.45) is 5.37. The molecule has 0 radical (unpaired) electrons. The minimum atomic E-state index is 0.603. The molecule has 0 saturated heterocycles. The zero-order chi connectivity index (χ0) is 10.7. The zero-order valence-electron chi connectivity index (χ0n) is 9.44. The molecule has 1 fully saturated rings. The lowest BCUT2D eigenvalue weighted by Gasteiger charge is -2.34. The Kier molecular flexibility index (Phi) is 3.57. The smallest absolute Gasteiger partial charge is 0.205 e. The van der Waals surface area contributed by atoms with Crippen molar-refractivity contribution in [3.63, 3.8) is 0 Å². The zero-order valence-corrected chi connectivity index (χ0v) is 10.3. The van der Waals surface area contributed by atoms with Crippen LogP contribution in [0.2, 0.25) is 0 Å². The fourth-order valence-electron chi connectivity index (χ4n) is 2.53. The number of aromatic nitrogens is 2. The molecular formula is C11H19N3S. The van der Waals surface area contributed by atoms with Gasteiger partial charge in [0.05, 0.1) is 0 Å². The molecule has 0 bridgehead atoms. The van der Waals surface area contributed by atoms with Crippen LogP contribution in [0.4, 0.5) is 5.13 Å². The van der Waals surface area contributed by atoms with Crippen molar-refractivity contribution in [3.8, 4) is 0 Å². The summed E-state index contributed by atoms with van der Waals surface area (Å²) >= 11 is 1.60. The van der Waals surface area contributed by atoms with Gasteiger partial charge in [-0.1, -0.05) is 38.0 Å². The minimum Gasteiger partial charge on any atom is -0.357 e. The SMILES string of the molecule is CC(C)C1CCCCC1Nc1nncs1. The third kappa shape index (κ3) is 2.68. The predicted octanol–water partition coefficient (Wildman–Crippen LogP) is 3.16. The summed E-state index contributed by atoms with van der Waals surface area (Å²) in [5.74, 6) is 1.55. The molecule has 2 atom stereocenters. The second-order valence-electron chi connectivity index (χ2n) is 4.69. The summed E-state index contributed by atoms with van der Waals surface area (Å²) in [5, 5.41) is 12.4. The van der Waals surface area contributed by atoms with Crippen LogP contribution in [-0.2, 0) is 0 Å². The van der Waals surface area contributed by atoms with Gasteiger partial charge in [0, 0.05) is 6.04 Å². The van der Waals surface area contributed by atoms with Gasteiger partial charge >= 0.3 is 0 Å². The molecule has 15 heavy (non-hydrogen) atoms. The van der Waals surface area contributed by atoms with Crippen molar-refractivity contribution in [2.45, 2.75) is 45.6 Å². The van der Waals surface area contributed by atoms with E-state index >= 15 is 0 Å². The molecule has 4 heteroatoms. The van der Waals surface area contributed by atoms with Gasteiger partial charge in [0.15, 0.2) is 0 Å². The molecule has 1 aromatic heterocycles. The Bertz CT molecular complexity index is 284. The first-order chi connectivity index (χ1) is 7.27. The van der Waals surface area contributed by atoms with Crippen molar-refractivity contribution in [2.24, 2.45) is 11.8 Å². The highest BCUT2D eigenvalue weighted by Gasteiger charge is 2.27. The topological polar surface area (TPSA) is 37.8 Å². The molecular weight excluding hydrogens is 206 g/mol. The molecule has 0 aromatic carbocycles. The van der Waals surface area contributed by atoms with Gasteiger partial charge in [0.1, 0.15) is 5.51 Å². The molecule has 2 unspecified atom stereocenters. The van der Waals surface area contributed by atoms with Crippen LogP contribution in [0.25, 0.3) is 0 Å². The summed E-state index contributed by atoms with van der Waals surface area (Å²) in [7, 11) is 0. The molecule has 3 nitrogen and oxygen atoms in total. The van der Waals surface area contributed by atoms with E-state index in [4.69, 9.17) is 0 Å². The van der Waals surface area contributed by atoms with Gasteiger partial charge < -0.3 is 5.32 Å². The van der Waals surface area contributed by atoms with Crippen molar-refractivity contribution in [2.75, 3.05) is 5.32 Å². The lowest BCUT2D eigenvalue weighted by atomic mass is 9.78. The fourth-order valence-corrected chi connectivity index (χ4v) is 3.04. The molecule has 0 amide bonds. The molecule has 2 rings (SSSR count). The van der Waals surface area contributed by atoms with Gasteiger partial charge in [-0.15, -0.1) is 10.2 Å². The third-order valence-electron chi connectivity index (χ3n) is 3.34. The highest BCUT2D eigenvalue weighted by Crippen LogP contribution is 2.32. The molecule has 1 saturated carbocycles. The van der Waals surface area contributed by atoms with E-state index in [1.165, 1.54) is 25.7 Å². The Balaban J connectivity index is 1.99. The van der Waals surface area contributed by atoms with Crippen LogP contribution in [0, 0.1) is 11.8 Å². The van der Waals surface area contributed by atoms with Crippen molar-refractivity contribution in [1.29, 1.82) is 0 Å². The van der Waals surface area contributed by atoms with Crippen LogP contribution in [0.5, 0.6) is 0 Å². The van der Waals surface area contributed by atoms with Crippen molar-refractivity contribution < 1.29 is 0 Å². The van der Waals surface area contributed by atoms with E-state index in [9.17, 15) is 0 Å². The summed E-state index contributed by atoms with van der Waals surface area (Å²) < 4.78 is 0. The van der Waals surface area contributed by atoms with Crippen molar-refractivity contribution >= 4 is 16.5 Å². The lowest BCUT2D eigenvalue weighted by molar-refractivity contribution is 0.253. The molecule has 1 aromatic rings. The summed E-state index contributed by atoms with van der Waals surface area (Å²) in [4.78, 5) is 0. The first-order valence-electron chi connectivity index (χ1n) is 5.80. The van der Waals surface area contributed by atoms with Crippen molar-refractivity contribution in [3.05, 3.63) is 5.51 Å². The van der Waals surface area contributed by atoms with Gasteiger partial charge in [0.2, 0.25) is 5.13 Å². The standard InChI is InChI=1S/C11H19N3S/c1-8(2)9-5-3-4-6-10(9)13-11-14-12-7-15-11/h7-10H,3-6H2,1-2H3,(H,13,14). The monoisotopic (exact) mass is 225 g/mol. The Morgan fingerprint density at radius 1 is 1.40 bits per heavy atom. The number of rotatable bonds is 3. The highest BCUT2D eigenvalue weighted by molar-refractivity contribution is 7.13. The van der Waals surface area contributed by atoms with Gasteiger partial charge in [-0.05, 0) is 24.7 Å². The van der Waals surface area contributed by atoms with E-state index < -0.39 is 0 Å². The van der Waals surface area contributed by atoms with E-state index in [0.29, 0.717) is 6.04 Å². The first-order valence-corrected chi connectivity index (χ1v) is 6.68. The number of hydrogen-bond acceptors (Lipinski definition) is 4. The lowest BCUT2D eigenvalue weighted by Crippen LogP contribution is -2.35. The molecule has 1 N–H and O–H groups in total. The summed E-state index contributed by atoms with van der Waals surface area (Å²) in [5.41, 5.74) is 1.79. The highest BCUT2D eigenvalue weighted by atomic mass is 32.1. The summed E-state index contributed by atoms with van der Waals surface area (Å²) in [6, 6.07) is 0.603. The fraction of sp³-hybridized carbons (Fsp3) is 0.818. The Hall–Kier alpha value is -0.640. The maximum absolute atomic E-state index is 4.06. The molecule has 0 aliphatic heterocycles. The van der Waals surface area contributed by atoms with E-state index in [2.05, 4.69) is 29.4 Å². The number of anilines is 1. The molecule has 1 aliphatic carbocycles. The number of hydrogen-bond donors (Lipinski definition) is 1. The van der Waals surface area contributed by atoms with E-state index in [-0.39, 0.29) is 0 Å². The van der Waals surface area contributed by atoms with E-state index in [1.807, 2.05) is 0 Å². The average Bonchev–Trinajstić information content (AvgIpc) is 2.71. The van der Waals surface area contributed by atoms with Gasteiger partial charge in [-0.2, -0.15) is 0 Å². The Labute approximate surface area is 95.3 Å². The van der Waals surface area contributed by atoms with Crippen LogP contribution < -0.4 is 5.32 Å². The normalized spacial score (nSPS) is 26.9. The van der Waals surface area contributed by atoms with Crippen LogP contribution in [0.1, 0.15) is 39.5 Å². The average molecular weight is 225 g/mol. The minimum absolute atomic E-state index is 0.603. The number of nitrogens with one attached hydrogen (secondary N) is 1. The Morgan fingerprint density at radius 3 is 2.87 bits per heavy atom. The maximum atomic E-state index is 4.06. The molecule has 1 aliphatic rings. The van der Waals surface area contributed by atoms with E-state index in [0.717, 1.165) is 17.0 Å². The predicted molar refractivity (Wildman–Crippen MR) is 64.1 cm³/mol. The quantitative estimate of drug-likeness (QED) is 0.858. The van der Waals surface area contributed by atoms with Crippen LogP contribution in [-0.4, -0.2) is 16.2 Å². The van der Waals surface area contributed by atoms with Crippen LogP contribution in [0.3, 0.4) is 0 Å². The van der Waals surface area contributed by atoms with Gasteiger partial charge in [-0.3, -0.25) is 0 Å². The van der Waals surface area contributed by atoms with Crippen molar-refractivity contribution in [1.82, 2.24) is 10.2 Å². The Morgan fingerprint density at radius 2 is 2.20 bits per heavy atom. The van der Waals surface area contributed by atoms with Crippen LogP contribution in [0.15, 0.2) is 5.51 Å². The third-order valence-corrected chi connectivity index (χ3v) is 3.97. The largest absolute Gasteiger partial charge is 0.357 e. The second-order valence-corrected chi connectivity index (χ2v) is 5.52. The second kappa shape index (κ2) is 4.92. The maximum Gasteiger partial charge on any atom is 0.205 e. The molecule has 0 spiro atoms. The first kappa shape index (κ1) is 10.9. The summed E-state index contributed by atoms with van der Waals surface area (Å²) in [6.45, 7) is 4.65.